The van der Waals surface area contributed by atoms with Gasteiger partial charge in [0.1, 0.15) is 24.2 Å². The van der Waals surface area contributed by atoms with Gasteiger partial charge in [-0.3, -0.25) is 9.36 Å². The smallest absolute Gasteiger partial charge is 0.323 e. The van der Waals surface area contributed by atoms with Crippen LogP contribution in [-0.2, 0) is 34.6 Å². The number of esters is 1. The number of rotatable bonds is 29. The minimum absolute atomic E-state index is 0.187. The zero-order valence-electron chi connectivity index (χ0n) is 31.4. The number of aromatic nitrogens is 4. The van der Waals surface area contributed by atoms with Crippen LogP contribution in [0, 0.1) is 5.41 Å². The third kappa shape index (κ3) is 19.2. The van der Waals surface area contributed by atoms with E-state index in [2.05, 4.69) is 27.0 Å². The fraction of sp³-hybridized carbons (Fsp3) is 0.833. The Bertz CT molecular complexity index is 1220. The highest BCUT2D eigenvalue weighted by atomic mass is 31.2. The van der Waals surface area contributed by atoms with Crippen molar-refractivity contribution >= 4 is 30.5 Å². The molecule has 0 aliphatic rings. The van der Waals surface area contributed by atoms with Gasteiger partial charge >= 0.3 is 5.97 Å². The van der Waals surface area contributed by atoms with E-state index in [9.17, 15) is 9.36 Å². The van der Waals surface area contributed by atoms with Gasteiger partial charge in [-0.05, 0) is 32.1 Å². The van der Waals surface area contributed by atoms with E-state index in [4.69, 9.17) is 24.5 Å². The molecular weight excluding hydrogens is 643 g/mol. The Kier molecular flexibility index (Phi) is 21.2. The van der Waals surface area contributed by atoms with E-state index in [0.717, 1.165) is 6.42 Å². The van der Waals surface area contributed by atoms with Gasteiger partial charge in [0.2, 0.25) is 0 Å². The van der Waals surface area contributed by atoms with Crippen LogP contribution in [0.15, 0.2) is 12.7 Å². The number of hydrogen-bond acceptors (Lipinski definition) is 10. The lowest BCUT2D eigenvalue weighted by Crippen LogP contribution is -2.36. The first-order valence-corrected chi connectivity index (χ1v) is 20.5. The largest absolute Gasteiger partial charge is 0.464 e. The first kappa shape index (κ1) is 43.1. The van der Waals surface area contributed by atoms with Crippen molar-refractivity contribution in [1.29, 1.82) is 0 Å². The molecular formula is C36H67N6O6P. The van der Waals surface area contributed by atoms with Gasteiger partial charge in [-0.1, -0.05) is 111 Å². The number of hydrogen-bond donors (Lipinski definition) is 2. The topological polar surface area (TPSA) is 153 Å². The molecule has 0 saturated heterocycles. The summed E-state index contributed by atoms with van der Waals surface area (Å²) in [7, 11) is -3.59. The number of carbonyl (C=O) groups is 1. The Balaban J connectivity index is 1.68. The fourth-order valence-corrected chi connectivity index (χ4v) is 7.13. The van der Waals surface area contributed by atoms with Crippen molar-refractivity contribution in [2.24, 2.45) is 5.41 Å². The monoisotopic (exact) mass is 710 g/mol. The number of nitrogens with zero attached hydrogens (tertiary/aromatic N) is 4. The van der Waals surface area contributed by atoms with Crippen LogP contribution in [0.1, 0.15) is 138 Å². The zero-order valence-corrected chi connectivity index (χ0v) is 32.3. The molecule has 0 radical (unpaired) electrons. The Morgan fingerprint density at radius 2 is 1.47 bits per heavy atom. The minimum Gasteiger partial charge on any atom is -0.464 e. The molecule has 0 aromatic carbocycles. The molecule has 13 heteroatoms. The van der Waals surface area contributed by atoms with E-state index in [0.29, 0.717) is 43.2 Å². The molecule has 3 atom stereocenters. The van der Waals surface area contributed by atoms with Crippen molar-refractivity contribution < 1.29 is 28.1 Å². The number of nitrogens with one attached hydrogen (secondary N) is 1. The predicted octanol–water partition coefficient (Wildman–Crippen LogP) is 8.44. The molecule has 0 aliphatic heterocycles. The number of carbonyl (C=O) groups excluding carboxylic acids is 1. The summed E-state index contributed by atoms with van der Waals surface area (Å²) in [6.07, 6.45) is 21.5. The number of ether oxygens (including phenoxy) is 3. The quantitative estimate of drug-likeness (QED) is 0.0475. The van der Waals surface area contributed by atoms with Gasteiger partial charge in [-0.15, -0.1) is 0 Å². The lowest BCUT2D eigenvalue weighted by Gasteiger charge is -2.25. The predicted molar refractivity (Wildman–Crippen MR) is 197 cm³/mol. The molecule has 49 heavy (non-hydrogen) atoms. The number of nitrogens with two attached hydrogens (primary N) is 1. The standard InChI is InChI=1S/C36H67N6O6P/c1-7-8-9-10-11-12-13-14-15-16-17-18-19-20-22-45-23-21-24-48-49(44,41-31(3)35(43)46-26-36(4,5)6)29-47-30(2)25-42-28-40-32-33(37)38-27-39-34(32)42/h27-28,30-31H,7-26,29H2,1-6H3,(H,41,44)(H2,37,38,39)/t30-,31+,49?/m1/s1. The number of nitrogen functional groups attached to an aromatic ring is 1. The maximum Gasteiger partial charge on any atom is 0.323 e. The third-order valence-corrected chi connectivity index (χ3v) is 10.0. The van der Waals surface area contributed by atoms with Crippen LogP contribution in [0.2, 0.25) is 0 Å². The van der Waals surface area contributed by atoms with Crippen molar-refractivity contribution in [3.05, 3.63) is 12.7 Å². The molecule has 0 fully saturated rings. The Hall–Kier alpha value is -2.11. The summed E-state index contributed by atoms with van der Waals surface area (Å²) in [4.78, 5) is 25.2. The van der Waals surface area contributed by atoms with Crippen molar-refractivity contribution in [2.75, 3.05) is 38.5 Å². The summed E-state index contributed by atoms with van der Waals surface area (Å²) in [5, 5.41) is 2.88. The summed E-state index contributed by atoms with van der Waals surface area (Å²) < 4.78 is 38.8. The maximum atomic E-state index is 13.9. The van der Waals surface area contributed by atoms with Gasteiger partial charge in [0, 0.05) is 13.2 Å². The highest BCUT2D eigenvalue weighted by molar-refractivity contribution is 7.56. The third-order valence-electron chi connectivity index (χ3n) is 8.18. The number of unbranched alkanes of at least 4 members (excludes halogenated alkanes) is 13. The Labute approximate surface area is 295 Å². The average molecular weight is 711 g/mol. The van der Waals surface area contributed by atoms with Crippen LogP contribution in [0.3, 0.4) is 0 Å². The molecule has 0 spiro atoms. The van der Waals surface area contributed by atoms with E-state index in [1.165, 1.54) is 89.8 Å². The summed E-state index contributed by atoms with van der Waals surface area (Å²) in [6.45, 7) is 13.7. The first-order valence-electron chi connectivity index (χ1n) is 18.7. The molecule has 0 amide bonds. The number of fused-ring (bicyclic) bond motifs is 1. The van der Waals surface area contributed by atoms with Crippen LogP contribution >= 0.6 is 7.52 Å². The van der Waals surface area contributed by atoms with Crippen molar-refractivity contribution in [2.45, 2.75) is 157 Å². The molecule has 2 aromatic rings. The molecule has 282 valence electrons. The van der Waals surface area contributed by atoms with E-state index in [1.54, 1.807) is 17.8 Å². The summed E-state index contributed by atoms with van der Waals surface area (Å²) in [6, 6.07) is -0.846. The summed E-state index contributed by atoms with van der Waals surface area (Å²) in [5.41, 5.74) is 6.82. The van der Waals surface area contributed by atoms with E-state index in [-0.39, 0.29) is 31.1 Å². The second-order valence-corrected chi connectivity index (χ2v) is 16.6. The Morgan fingerprint density at radius 1 is 0.878 bits per heavy atom. The molecule has 3 N–H and O–H groups in total. The SMILES string of the molecule is CCCCCCCCCCCCCCCCOCCCOP(=O)(CO[C@H](C)Cn1cnc2c(N)ncnc21)N[C@@H](C)C(=O)OCC(C)(C)C. The summed E-state index contributed by atoms with van der Waals surface area (Å²) in [5.74, 6) is -0.194. The maximum absolute atomic E-state index is 13.9. The van der Waals surface area contributed by atoms with Crippen LogP contribution in [0.4, 0.5) is 5.82 Å². The lowest BCUT2D eigenvalue weighted by molar-refractivity contribution is -0.148. The molecule has 0 saturated carbocycles. The fourth-order valence-electron chi connectivity index (χ4n) is 5.33. The van der Waals surface area contributed by atoms with Gasteiger partial charge in [0.15, 0.2) is 11.5 Å². The van der Waals surface area contributed by atoms with Crippen LogP contribution < -0.4 is 10.8 Å². The van der Waals surface area contributed by atoms with Gasteiger partial charge in [-0.2, -0.15) is 0 Å². The lowest BCUT2D eigenvalue weighted by atomic mass is 9.99. The van der Waals surface area contributed by atoms with Crippen molar-refractivity contribution in [1.82, 2.24) is 24.6 Å². The van der Waals surface area contributed by atoms with Crippen LogP contribution in [-0.4, -0.2) is 70.4 Å². The van der Waals surface area contributed by atoms with Crippen LogP contribution in [0.5, 0.6) is 0 Å². The van der Waals surface area contributed by atoms with Gasteiger partial charge in [0.25, 0.3) is 7.52 Å². The molecule has 2 aromatic heterocycles. The second kappa shape index (κ2) is 24.1. The van der Waals surface area contributed by atoms with Gasteiger partial charge < -0.3 is 29.0 Å². The Morgan fingerprint density at radius 3 is 2.08 bits per heavy atom. The number of imidazole rings is 1. The highest BCUT2D eigenvalue weighted by Gasteiger charge is 2.31. The zero-order chi connectivity index (χ0) is 36.0. The molecule has 2 heterocycles. The van der Waals surface area contributed by atoms with Crippen LogP contribution in [0.25, 0.3) is 11.2 Å². The molecule has 0 bridgehead atoms. The first-order chi connectivity index (χ1) is 23.4. The van der Waals surface area contributed by atoms with Crippen molar-refractivity contribution in [3.8, 4) is 0 Å². The normalized spacial score (nSPS) is 14.6. The van der Waals surface area contributed by atoms with Crippen molar-refractivity contribution in [3.63, 3.8) is 0 Å². The van der Waals surface area contributed by atoms with Gasteiger partial charge in [-0.25, -0.2) is 20.0 Å². The molecule has 0 aliphatic carbocycles. The van der Waals surface area contributed by atoms with E-state index in [1.807, 2.05) is 27.7 Å². The molecule has 12 nitrogen and oxygen atoms in total. The van der Waals surface area contributed by atoms with Gasteiger partial charge in [0.05, 0.1) is 32.2 Å². The number of anilines is 1. The second-order valence-electron chi connectivity index (χ2n) is 14.5. The molecule has 1 unspecified atom stereocenters. The summed E-state index contributed by atoms with van der Waals surface area (Å²) >= 11 is 0. The van der Waals surface area contributed by atoms with E-state index >= 15 is 0 Å². The highest BCUT2D eigenvalue weighted by Crippen LogP contribution is 2.43. The van der Waals surface area contributed by atoms with E-state index < -0.39 is 19.5 Å². The average Bonchev–Trinajstić information content (AvgIpc) is 3.47. The minimum atomic E-state index is -3.59. The molecule has 2 rings (SSSR count).